The molecule has 0 aromatic carbocycles. The molecule has 0 aromatic rings. The third-order valence-corrected chi connectivity index (χ3v) is 2.08. The standard InChI is InChI=1S/C4H6O7S.Co/c5-3(6)1-2(4(7)8)12(9,10)11;/h2H,1H2,(H,5,6)(H,7,8)(H,9,10,11);. The first-order valence-electron chi connectivity index (χ1n) is 2.66. The van der Waals surface area contributed by atoms with Crippen molar-refractivity contribution in [2.45, 2.75) is 11.7 Å². The van der Waals surface area contributed by atoms with Crippen molar-refractivity contribution in [2.24, 2.45) is 0 Å². The average molecular weight is 257 g/mol. The van der Waals surface area contributed by atoms with E-state index in [1.807, 2.05) is 0 Å². The molecule has 0 saturated heterocycles. The number of hydrogen-bond donors (Lipinski definition) is 3. The minimum Gasteiger partial charge on any atom is -0.481 e. The summed E-state index contributed by atoms with van der Waals surface area (Å²) in [6.07, 6.45) is -1.16. The Hall–Kier alpha value is -0.644. The van der Waals surface area contributed by atoms with Crippen LogP contribution in [0.15, 0.2) is 0 Å². The van der Waals surface area contributed by atoms with Crippen LogP contribution in [0.4, 0.5) is 0 Å². The van der Waals surface area contributed by atoms with Gasteiger partial charge in [-0.15, -0.1) is 0 Å². The fraction of sp³-hybridized carbons (Fsp3) is 0.500. The Morgan fingerprint density at radius 1 is 1.23 bits per heavy atom. The molecule has 0 saturated carbocycles. The smallest absolute Gasteiger partial charge is 0.325 e. The molecule has 0 aliphatic carbocycles. The first kappa shape index (κ1) is 14.9. The summed E-state index contributed by atoms with van der Waals surface area (Å²) < 4.78 is 28.7. The minimum absolute atomic E-state index is 0. The number of rotatable bonds is 4. The monoisotopic (exact) mass is 257 g/mol. The minimum atomic E-state index is -4.84. The summed E-state index contributed by atoms with van der Waals surface area (Å²) >= 11 is 0. The van der Waals surface area contributed by atoms with Crippen LogP contribution in [-0.2, 0) is 36.5 Å². The molecule has 1 atom stereocenters. The third-order valence-electron chi connectivity index (χ3n) is 0.995. The van der Waals surface area contributed by atoms with Gasteiger partial charge in [-0.3, -0.25) is 14.1 Å². The van der Waals surface area contributed by atoms with Crippen molar-refractivity contribution in [1.82, 2.24) is 0 Å². The molecule has 9 heteroatoms. The predicted octanol–water partition coefficient (Wildman–Crippen LogP) is -1.20. The zero-order valence-corrected chi connectivity index (χ0v) is 7.86. The number of carbonyl (C=O) groups is 2. The molecule has 0 aliphatic rings. The SMILES string of the molecule is O=C(O)CC(C(=O)O)S(=O)(=O)O.[Co]. The maximum absolute atomic E-state index is 10.2. The third kappa shape index (κ3) is 5.57. The number of hydrogen-bond acceptors (Lipinski definition) is 4. The Morgan fingerprint density at radius 3 is 1.69 bits per heavy atom. The summed E-state index contributed by atoms with van der Waals surface area (Å²) in [5.74, 6) is -3.50. The normalized spacial score (nSPS) is 12.7. The molecule has 0 bridgehead atoms. The van der Waals surface area contributed by atoms with Crippen LogP contribution >= 0.6 is 0 Å². The maximum atomic E-state index is 10.2. The quantitative estimate of drug-likeness (QED) is 0.539. The molecular weight excluding hydrogens is 251 g/mol. The van der Waals surface area contributed by atoms with E-state index in [1.54, 1.807) is 0 Å². The van der Waals surface area contributed by atoms with Crippen molar-refractivity contribution in [3.8, 4) is 0 Å². The fourth-order valence-corrected chi connectivity index (χ4v) is 1.09. The number of carboxylic acids is 2. The van der Waals surface area contributed by atoms with E-state index in [0.717, 1.165) is 0 Å². The van der Waals surface area contributed by atoms with Crippen LogP contribution in [0.5, 0.6) is 0 Å². The van der Waals surface area contributed by atoms with Crippen molar-refractivity contribution in [1.29, 1.82) is 0 Å². The molecule has 1 unspecified atom stereocenters. The predicted molar refractivity (Wildman–Crippen MR) is 35.2 cm³/mol. The van der Waals surface area contributed by atoms with Gasteiger partial charge in [-0.1, -0.05) is 0 Å². The van der Waals surface area contributed by atoms with Gasteiger partial charge in [-0.25, -0.2) is 0 Å². The summed E-state index contributed by atoms with van der Waals surface area (Å²) in [5.41, 5.74) is 0. The molecule has 0 aliphatic heterocycles. The van der Waals surface area contributed by atoms with Crippen LogP contribution in [0.1, 0.15) is 6.42 Å². The van der Waals surface area contributed by atoms with Crippen LogP contribution in [0.3, 0.4) is 0 Å². The second kappa shape index (κ2) is 5.17. The molecule has 0 rings (SSSR count). The first-order chi connectivity index (χ1) is 5.25. The second-order valence-electron chi connectivity index (χ2n) is 1.94. The maximum Gasteiger partial charge on any atom is 0.325 e. The molecule has 0 amide bonds. The molecule has 0 heterocycles. The van der Waals surface area contributed by atoms with Gasteiger partial charge in [-0.2, -0.15) is 8.42 Å². The Morgan fingerprint density at radius 2 is 1.62 bits per heavy atom. The second-order valence-corrected chi connectivity index (χ2v) is 3.54. The molecule has 79 valence electrons. The zero-order chi connectivity index (χ0) is 9.94. The molecule has 1 radical (unpaired) electrons. The van der Waals surface area contributed by atoms with Crippen molar-refractivity contribution in [2.75, 3.05) is 0 Å². The molecule has 0 spiro atoms. The van der Waals surface area contributed by atoms with Crippen molar-refractivity contribution in [3.63, 3.8) is 0 Å². The Bertz CT molecular complexity index is 294. The number of aliphatic carboxylic acids is 2. The van der Waals surface area contributed by atoms with Gasteiger partial charge in [0, 0.05) is 16.8 Å². The molecule has 0 aromatic heterocycles. The molecular formula is C4H6CoO7S. The average Bonchev–Trinajstić information content (AvgIpc) is 1.79. The van der Waals surface area contributed by atoms with E-state index in [9.17, 15) is 18.0 Å². The van der Waals surface area contributed by atoms with Gasteiger partial charge in [0.25, 0.3) is 10.1 Å². The van der Waals surface area contributed by atoms with Gasteiger partial charge in [0.2, 0.25) is 0 Å². The zero-order valence-electron chi connectivity index (χ0n) is 6.00. The van der Waals surface area contributed by atoms with E-state index >= 15 is 0 Å². The Balaban J connectivity index is 0. The topological polar surface area (TPSA) is 129 Å². The van der Waals surface area contributed by atoms with Crippen LogP contribution in [0, 0.1) is 0 Å². The molecule has 13 heavy (non-hydrogen) atoms. The van der Waals surface area contributed by atoms with E-state index in [4.69, 9.17) is 14.8 Å². The first-order valence-corrected chi connectivity index (χ1v) is 4.16. The van der Waals surface area contributed by atoms with Crippen molar-refractivity contribution >= 4 is 22.1 Å². The van der Waals surface area contributed by atoms with Gasteiger partial charge in [0.1, 0.15) is 0 Å². The summed E-state index contributed by atoms with van der Waals surface area (Å²) in [5, 5.41) is 13.9. The van der Waals surface area contributed by atoms with E-state index in [2.05, 4.69) is 0 Å². The fourth-order valence-electron chi connectivity index (χ4n) is 0.479. The van der Waals surface area contributed by atoms with Gasteiger partial charge < -0.3 is 10.2 Å². The summed E-state index contributed by atoms with van der Waals surface area (Å²) in [6, 6.07) is 0. The van der Waals surface area contributed by atoms with Crippen LogP contribution in [0.25, 0.3) is 0 Å². The summed E-state index contributed by atoms with van der Waals surface area (Å²) in [7, 11) is -4.84. The Labute approximate surface area is 83.7 Å². The van der Waals surface area contributed by atoms with Gasteiger partial charge in [0.15, 0.2) is 5.25 Å². The molecule has 0 fully saturated rings. The Kier molecular flexibility index (Phi) is 5.90. The largest absolute Gasteiger partial charge is 0.481 e. The van der Waals surface area contributed by atoms with Gasteiger partial charge in [0.05, 0.1) is 6.42 Å². The summed E-state index contributed by atoms with van der Waals surface area (Å²) in [4.78, 5) is 20.0. The van der Waals surface area contributed by atoms with Gasteiger partial charge in [-0.05, 0) is 0 Å². The van der Waals surface area contributed by atoms with Crippen molar-refractivity contribution in [3.05, 3.63) is 0 Å². The summed E-state index contributed by atoms with van der Waals surface area (Å²) in [6.45, 7) is 0. The van der Waals surface area contributed by atoms with E-state index in [1.165, 1.54) is 0 Å². The van der Waals surface area contributed by atoms with Gasteiger partial charge >= 0.3 is 11.9 Å². The van der Waals surface area contributed by atoms with Crippen LogP contribution in [0.2, 0.25) is 0 Å². The van der Waals surface area contributed by atoms with Crippen molar-refractivity contribution < 1.29 is 49.6 Å². The molecule has 3 N–H and O–H groups in total. The molecule has 7 nitrogen and oxygen atoms in total. The van der Waals surface area contributed by atoms with Crippen LogP contribution < -0.4 is 0 Å². The van der Waals surface area contributed by atoms with E-state index in [0.29, 0.717) is 0 Å². The number of carboxylic acid groups (broad SMARTS) is 2. The van der Waals surface area contributed by atoms with Crippen LogP contribution in [-0.4, -0.2) is 40.4 Å². The van der Waals surface area contributed by atoms with E-state index in [-0.39, 0.29) is 16.8 Å². The van der Waals surface area contributed by atoms with E-state index < -0.39 is 33.7 Å².